The van der Waals surface area contributed by atoms with Crippen molar-refractivity contribution in [2.75, 3.05) is 18.9 Å². The molecule has 0 bridgehead atoms. The lowest BCUT2D eigenvalue weighted by Gasteiger charge is -2.29. The zero-order chi connectivity index (χ0) is 23.2. The third-order valence-corrected chi connectivity index (χ3v) is 5.40. The third-order valence-electron chi connectivity index (χ3n) is 5.40. The number of nitrogen functional groups attached to an aromatic ring is 1. The molecule has 0 aliphatic carbocycles. The van der Waals surface area contributed by atoms with Crippen molar-refractivity contribution in [2.24, 2.45) is 0 Å². The molecule has 0 spiro atoms. The number of fused-ring (bicyclic) bond motifs is 3. The number of amides is 1. The van der Waals surface area contributed by atoms with E-state index in [0.717, 1.165) is 23.1 Å². The zero-order valence-electron chi connectivity index (χ0n) is 17.8. The number of nitrogens with zero attached hydrogens (tertiary/aromatic N) is 2. The number of aromatic amines is 1. The molecule has 7 nitrogen and oxygen atoms in total. The highest BCUT2D eigenvalue weighted by atomic mass is 19.2. The second-order valence-electron chi connectivity index (χ2n) is 8.22. The summed E-state index contributed by atoms with van der Waals surface area (Å²) in [4.78, 5) is 34.9. The van der Waals surface area contributed by atoms with Gasteiger partial charge in [0.1, 0.15) is 11.5 Å². The third kappa shape index (κ3) is 3.59. The van der Waals surface area contributed by atoms with Gasteiger partial charge in [0.2, 0.25) is 0 Å². The van der Waals surface area contributed by atoms with Gasteiger partial charge in [0, 0.05) is 29.1 Å². The fourth-order valence-electron chi connectivity index (χ4n) is 4.05. The molecule has 0 fully saturated rings. The highest BCUT2D eigenvalue weighted by Gasteiger charge is 2.38. The van der Waals surface area contributed by atoms with Gasteiger partial charge in [0.25, 0.3) is 5.91 Å². The average molecular weight is 440 g/mol. The number of carbonyl (C=O) groups excluding carboxylic acids is 2. The van der Waals surface area contributed by atoms with E-state index in [2.05, 4.69) is 9.97 Å². The van der Waals surface area contributed by atoms with Crippen LogP contribution >= 0.6 is 0 Å². The van der Waals surface area contributed by atoms with Crippen LogP contribution in [0.5, 0.6) is 0 Å². The van der Waals surface area contributed by atoms with Crippen molar-refractivity contribution in [3.63, 3.8) is 0 Å². The van der Waals surface area contributed by atoms with E-state index in [-0.39, 0.29) is 24.3 Å². The number of carbonyl (C=O) groups is 2. The highest BCUT2D eigenvalue weighted by molar-refractivity contribution is 6.18. The van der Waals surface area contributed by atoms with Gasteiger partial charge in [-0.3, -0.25) is 4.79 Å². The monoisotopic (exact) mass is 440 g/mol. The van der Waals surface area contributed by atoms with Crippen molar-refractivity contribution in [2.45, 2.75) is 26.2 Å². The molecule has 32 heavy (non-hydrogen) atoms. The van der Waals surface area contributed by atoms with E-state index >= 15 is 0 Å². The molecular weight excluding hydrogens is 418 g/mol. The molecule has 4 rings (SSSR count). The number of esters is 1. The number of rotatable bonds is 3. The normalized spacial score (nSPS) is 15.2. The zero-order valence-corrected chi connectivity index (χ0v) is 17.8. The maximum Gasteiger partial charge on any atom is 0.341 e. The van der Waals surface area contributed by atoms with E-state index in [1.165, 1.54) is 17.2 Å². The van der Waals surface area contributed by atoms with Crippen molar-refractivity contribution in [1.82, 2.24) is 14.9 Å². The molecule has 9 heteroatoms. The first-order valence-corrected chi connectivity index (χ1v) is 10.1. The summed E-state index contributed by atoms with van der Waals surface area (Å²) in [6, 6.07) is 6.42. The number of pyridine rings is 1. The van der Waals surface area contributed by atoms with Crippen LogP contribution in [0.25, 0.3) is 16.6 Å². The molecule has 3 heterocycles. The van der Waals surface area contributed by atoms with Crippen LogP contribution in [0.3, 0.4) is 0 Å². The molecule has 166 valence electrons. The summed E-state index contributed by atoms with van der Waals surface area (Å²) in [6.07, 6.45) is 1.38. The number of hydrogen-bond donors (Lipinski definition) is 2. The van der Waals surface area contributed by atoms with Crippen LogP contribution in [0.2, 0.25) is 0 Å². The molecule has 1 aliphatic heterocycles. The maximum absolute atomic E-state index is 13.8. The maximum atomic E-state index is 13.8. The van der Waals surface area contributed by atoms with Gasteiger partial charge < -0.3 is 20.4 Å². The van der Waals surface area contributed by atoms with Crippen molar-refractivity contribution in [3.05, 3.63) is 65.0 Å². The summed E-state index contributed by atoms with van der Waals surface area (Å²) < 4.78 is 32.4. The fraction of sp³-hybridized carbons (Fsp3) is 0.261. The lowest BCUT2D eigenvalue weighted by atomic mass is 9.82. The Morgan fingerprint density at radius 3 is 2.66 bits per heavy atom. The van der Waals surface area contributed by atoms with Gasteiger partial charge in [-0.25, -0.2) is 18.6 Å². The number of anilines is 1. The van der Waals surface area contributed by atoms with Crippen molar-refractivity contribution in [1.29, 1.82) is 0 Å². The molecule has 0 saturated carbocycles. The predicted octanol–water partition coefficient (Wildman–Crippen LogP) is 3.76. The first-order chi connectivity index (χ1) is 15.1. The molecule has 3 N–H and O–H groups in total. The largest absolute Gasteiger partial charge is 0.462 e. The number of aromatic nitrogens is 2. The van der Waals surface area contributed by atoms with Gasteiger partial charge in [-0.1, -0.05) is 13.8 Å². The molecular formula is C23H22F2N4O3. The Morgan fingerprint density at radius 1 is 1.22 bits per heavy atom. The molecule has 2 aromatic heterocycles. The number of hydrogen-bond acceptors (Lipinski definition) is 5. The average Bonchev–Trinajstić information content (AvgIpc) is 3.06. The molecule has 3 aromatic rings. The van der Waals surface area contributed by atoms with Gasteiger partial charge in [0.15, 0.2) is 11.6 Å². The summed E-state index contributed by atoms with van der Waals surface area (Å²) in [5.74, 6) is -3.05. The van der Waals surface area contributed by atoms with Crippen molar-refractivity contribution < 1.29 is 23.1 Å². The number of halogens is 2. The topological polar surface area (TPSA) is 101 Å². The highest BCUT2D eigenvalue weighted by Crippen LogP contribution is 2.40. The molecule has 0 radical (unpaired) electrons. The Morgan fingerprint density at radius 2 is 1.97 bits per heavy atom. The number of H-pyrrole nitrogens is 1. The number of nitrogens with one attached hydrogen (secondary N) is 1. The van der Waals surface area contributed by atoms with Crippen LogP contribution in [0.15, 0.2) is 36.5 Å². The van der Waals surface area contributed by atoms with Crippen LogP contribution in [0.1, 0.15) is 42.4 Å². The second-order valence-corrected chi connectivity index (χ2v) is 8.22. The molecule has 1 amide bonds. The predicted molar refractivity (Wildman–Crippen MR) is 116 cm³/mol. The lowest BCUT2D eigenvalue weighted by molar-refractivity contribution is -0.136. The van der Waals surface area contributed by atoms with Crippen LogP contribution in [0, 0.1) is 11.6 Å². The first kappa shape index (κ1) is 21.5. The van der Waals surface area contributed by atoms with Gasteiger partial charge in [0.05, 0.1) is 17.9 Å². The van der Waals surface area contributed by atoms with Crippen LogP contribution in [-0.2, 0) is 14.9 Å². The first-order valence-electron chi connectivity index (χ1n) is 10.1. The summed E-state index contributed by atoms with van der Waals surface area (Å²) in [5, 5.41) is 0.761. The van der Waals surface area contributed by atoms with Gasteiger partial charge in [-0.15, -0.1) is 0 Å². The number of benzene rings is 1. The standard InChI is InChI=1S/C23H22F2N4O3/c1-4-32-22(31)14-10-29(21(30)12-5-7-15(24)16(25)9-12)11-23(2,3)18-13-6-8-17(26)27-20(13)28-19(14)18/h5-10H,4,11H2,1-3H3,(H3,26,27,28). The van der Waals surface area contributed by atoms with E-state index in [1.807, 2.05) is 19.9 Å². The molecule has 0 unspecified atom stereocenters. The lowest BCUT2D eigenvalue weighted by Crippen LogP contribution is -2.37. The molecule has 0 atom stereocenters. The van der Waals surface area contributed by atoms with Crippen LogP contribution in [0.4, 0.5) is 14.6 Å². The summed E-state index contributed by atoms with van der Waals surface area (Å²) in [5.41, 5.74) is 7.03. The number of nitrogens with two attached hydrogens (primary N) is 1. The smallest absolute Gasteiger partial charge is 0.341 e. The van der Waals surface area contributed by atoms with Gasteiger partial charge in [-0.05, 0) is 42.8 Å². The van der Waals surface area contributed by atoms with E-state index < -0.39 is 28.9 Å². The SMILES string of the molecule is CCOC(=O)C1=CN(C(=O)c2ccc(F)c(F)c2)CC(C)(C)c2c1[nH]c1nc(N)ccc21. The Balaban J connectivity index is 1.90. The van der Waals surface area contributed by atoms with E-state index in [9.17, 15) is 18.4 Å². The van der Waals surface area contributed by atoms with Crippen molar-refractivity contribution in [3.8, 4) is 0 Å². The summed E-state index contributed by atoms with van der Waals surface area (Å²) in [6.45, 7) is 5.82. The Kier molecular flexibility index (Phi) is 5.20. The minimum absolute atomic E-state index is 0.0379. The van der Waals surface area contributed by atoms with Crippen LogP contribution in [-0.4, -0.2) is 39.9 Å². The molecule has 1 aromatic carbocycles. The van der Waals surface area contributed by atoms with Gasteiger partial charge >= 0.3 is 5.97 Å². The Hall–Kier alpha value is -3.75. The number of ether oxygens (including phenoxy) is 1. The minimum atomic E-state index is -1.13. The van der Waals surface area contributed by atoms with E-state index in [0.29, 0.717) is 17.2 Å². The van der Waals surface area contributed by atoms with Gasteiger partial charge in [-0.2, -0.15) is 0 Å². The minimum Gasteiger partial charge on any atom is -0.462 e. The molecule has 0 saturated heterocycles. The van der Waals surface area contributed by atoms with Crippen molar-refractivity contribution >= 4 is 34.3 Å². The summed E-state index contributed by atoms with van der Waals surface area (Å²) in [7, 11) is 0. The van der Waals surface area contributed by atoms with E-state index in [1.54, 1.807) is 13.0 Å². The second kappa shape index (κ2) is 7.74. The Labute approximate surface area is 182 Å². The molecule has 1 aliphatic rings. The Bertz CT molecular complexity index is 1280. The summed E-state index contributed by atoms with van der Waals surface area (Å²) >= 11 is 0. The quantitative estimate of drug-likeness (QED) is 0.604. The fourth-order valence-corrected chi connectivity index (χ4v) is 4.05. The van der Waals surface area contributed by atoms with Crippen LogP contribution < -0.4 is 5.73 Å². The van der Waals surface area contributed by atoms with E-state index in [4.69, 9.17) is 10.5 Å².